The van der Waals surface area contributed by atoms with Crippen molar-refractivity contribution < 1.29 is 4.79 Å². The van der Waals surface area contributed by atoms with Gasteiger partial charge in [0.15, 0.2) is 0 Å². The normalized spacial score (nSPS) is 18.9. The molecule has 1 atom stereocenters. The Morgan fingerprint density at radius 1 is 1.61 bits per heavy atom. The van der Waals surface area contributed by atoms with Gasteiger partial charge >= 0.3 is 0 Å². The number of hydrogen-bond donors (Lipinski definition) is 2. The Balaban J connectivity index is 1.88. The molecule has 1 fully saturated rings. The third kappa shape index (κ3) is 3.80. The summed E-state index contributed by atoms with van der Waals surface area (Å²) in [5.74, 6) is 4.71. The number of benzene rings is 1. The molecule has 0 aliphatic carbocycles. The highest BCUT2D eigenvalue weighted by Gasteiger charge is 2.16. The van der Waals surface area contributed by atoms with Gasteiger partial charge in [0, 0.05) is 41.8 Å². The monoisotopic (exact) mass is 260 g/mol. The van der Waals surface area contributed by atoms with Crippen molar-refractivity contribution in [3.8, 4) is 12.3 Å². The lowest BCUT2D eigenvalue weighted by atomic mass is 10.2. The van der Waals surface area contributed by atoms with E-state index < -0.39 is 0 Å². The molecular formula is C14H16N2OS. The van der Waals surface area contributed by atoms with Gasteiger partial charge in [0.2, 0.25) is 5.91 Å². The van der Waals surface area contributed by atoms with Crippen LogP contribution in [0.25, 0.3) is 0 Å². The molecule has 1 aliphatic rings. The number of amides is 1. The maximum Gasteiger partial charge on any atom is 0.225 e. The summed E-state index contributed by atoms with van der Waals surface area (Å²) in [4.78, 5) is 11.9. The molecule has 0 bridgehead atoms. The lowest BCUT2D eigenvalue weighted by Crippen LogP contribution is -2.39. The van der Waals surface area contributed by atoms with Gasteiger partial charge in [0.1, 0.15) is 0 Å². The van der Waals surface area contributed by atoms with Gasteiger partial charge in [-0.3, -0.25) is 4.79 Å². The fourth-order valence-corrected chi connectivity index (χ4v) is 2.82. The van der Waals surface area contributed by atoms with Gasteiger partial charge in [-0.1, -0.05) is 12.0 Å². The Morgan fingerprint density at radius 2 is 2.50 bits per heavy atom. The highest BCUT2D eigenvalue weighted by Crippen LogP contribution is 2.13. The fourth-order valence-electron chi connectivity index (χ4n) is 1.87. The van der Waals surface area contributed by atoms with Crippen molar-refractivity contribution in [2.75, 3.05) is 23.4 Å². The van der Waals surface area contributed by atoms with E-state index in [4.69, 9.17) is 6.42 Å². The van der Waals surface area contributed by atoms with Crippen LogP contribution in [0, 0.1) is 12.3 Å². The quantitative estimate of drug-likeness (QED) is 0.813. The number of carbonyl (C=O) groups is 1. The van der Waals surface area contributed by atoms with Crippen LogP contribution in [0.3, 0.4) is 0 Å². The smallest absolute Gasteiger partial charge is 0.225 e. The van der Waals surface area contributed by atoms with E-state index in [-0.39, 0.29) is 11.9 Å². The molecule has 1 saturated heterocycles. The first-order valence-corrected chi connectivity index (χ1v) is 7.11. The molecule has 1 unspecified atom stereocenters. The van der Waals surface area contributed by atoms with Gasteiger partial charge in [0.25, 0.3) is 0 Å². The standard InChI is InChI=1S/C14H16N2OS/c1-2-11-4-3-5-12(8-11)16-14(17)9-13-10-18-7-6-15-13/h1,3-5,8,13,15H,6-7,9-10H2,(H,16,17). The first-order chi connectivity index (χ1) is 8.78. The van der Waals surface area contributed by atoms with Crippen molar-refractivity contribution in [2.24, 2.45) is 0 Å². The highest BCUT2D eigenvalue weighted by atomic mass is 32.2. The largest absolute Gasteiger partial charge is 0.326 e. The van der Waals surface area contributed by atoms with Crippen LogP contribution < -0.4 is 10.6 Å². The van der Waals surface area contributed by atoms with E-state index in [1.807, 2.05) is 30.0 Å². The minimum absolute atomic E-state index is 0.0316. The number of nitrogens with one attached hydrogen (secondary N) is 2. The molecule has 1 aromatic rings. The Labute approximate surface area is 112 Å². The molecule has 2 N–H and O–H groups in total. The second-order valence-corrected chi connectivity index (χ2v) is 5.35. The number of hydrogen-bond acceptors (Lipinski definition) is 3. The maximum atomic E-state index is 11.9. The number of thioether (sulfide) groups is 1. The first kappa shape index (κ1) is 13.0. The minimum atomic E-state index is 0.0316. The Hall–Kier alpha value is -1.44. The van der Waals surface area contributed by atoms with E-state index in [1.54, 1.807) is 6.07 Å². The average molecular weight is 260 g/mol. The summed E-state index contributed by atoms with van der Waals surface area (Å²) >= 11 is 1.89. The summed E-state index contributed by atoms with van der Waals surface area (Å²) < 4.78 is 0. The van der Waals surface area contributed by atoms with E-state index in [0.717, 1.165) is 29.3 Å². The molecule has 18 heavy (non-hydrogen) atoms. The summed E-state index contributed by atoms with van der Waals surface area (Å²) in [6.45, 7) is 0.981. The van der Waals surface area contributed by atoms with Crippen molar-refractivity contribution in [3.63, 3.8) is 0 Å². The summed E-state index contributed by atoms with van der Waals surface area (Å²) in [7, 11) is 0. The summed E-state index contributed by atoms with van der Waals surface area (Å²) in [6, 6.07) is 7.62. The lowest BCUT2D eigenvalue weighted by Gasteiger charge is -2.22. The van der Waals surface area contributed by atoms with Crippen LogP contribution in [0.5, 0.6) is 0 Å². The zero-order valence-corrected chi connectivity index (χ0v) is 10.9. The SMILES string of the molecule is C#Cc1cccc(NC(=O)CC2CSCCN2)c1. The van der Waals surface area contributed by atoms with Crippen molar-refractivity contribution >= 4 is 23.4 Å². The number of anilines is 1. The molecular weight excluding hydrogens is 244 g/mol. The number of carbonyl (C=O) groups excluding carboxylic acids is 1. The van der Waals surface area contributed by atoms with Gasteiger partial charge in [-0.25, -0.2) is 0 Å². The average Bonchev–Trinajstić information content (AvgIpc) is 2.40. The van der Waals surface area contributed by atoms with E-state index in [2.05, 4.69) is 16.6 Å². The minimum Gasteiger partial charge on any atom is -0.326 e. The second kappa shape index (κ2) is 6.48. The first-order valence-electron chi connectivity index (χ1n) is 5.95. The van der Waals surface area contributed by atoms with Crippen LogP contribution in [0.15, 0.2) is 24.3 Å². The van der Waals surface area contributed by atoms with Crippen LogP contribution in [-0.2, 0) is 4.79 Å². The summed E-state index contributed by atoms with van der Waals surface area (Å²) in [5, 5.41) is 6.22. The zero-order chi connectivity index (χ0) is 12.8. The second-order valence-electron chi connectivity index (χ2n) is 4.20. The highest BCUT2D eigenvalue weighted by molar-refractivity contribution is 7.99. The van der Waals surface area contributed by atoms with Crippen molar-refractivity contribution in [3.05, 3.63) is 29.8 Å². The van der Waals surface area contributed by atoms with E-state index in [1.165, 1.54) is 0 Å². The van der Waals surface area contributed by atoms with Crippen LogP contribution in [0.2, 0.25) is 0 Å². The Kier molecular flexibility index (Phi) is 4.68. The molecule has 1 amide bonds. The van der Waals surface area contributed by atoms with Gasteiger partial charge in [-0.05, 0) is 18.2 Å². The molecule has 0 saturated carbocycles. The molecule has 94 valence electrons. The van der Waals surface area contributed by atoms with Crippen LogP contribution >= 0.6 is 11.8 Å². The number of terminal acetylenes is 1. The molecule has 4 heteroatoms. The fraction of sp³-hybridized carbons (Fsp3) is 0.357. The zero-order valence-electron chi connectivity index (χ0n) is 10.1. The molecule has 0 radical (unpaired) electrons. The maximum absolute atomic E-state index is 11.9. The third-order valence-corrected chi connectivity index (χ3v) is 3.87. The van der Waals surface area contributed by atoms with E-state index >= 15 is 0 Å². The van der Waals surface area contributed by atoms with Crippen molar-refractivity contribution in [1.29, 1.82) is 0 Å². The van der Waals surface area contributed by atoms with Gasteiger partial charge in [-0.15, -0.1) is 6.42 Å². The van der Waals surface area contributed by atoms with Gasteiger partial charge in [0.05, 0.1) is 0 Å². The van der Waals surface area contributed by atoms with Gasteiger partial charge in [-0.2, -0.15) is 11.8 Å². The van der Waals surface area contributed by atoms with E-state index in [0.29, 0.717) is 6.42 Å². The lowest BCUT2D eigenvalue weighted by molar-refractivity contribution is -0.116. The van der Waals surface area contributed by atoms with Crippen LogP contribution in [0.4, 0.5) is 5.69 Å². The summed E-state index contributed by atoms with van der Waals surface area (Å²) in [6.07, 6.45) is 5.83. The molecule has 1 aliphatic heterocycles. The molecule has 0 spiro atoms. The summed E-state index contributed by atoms with van der Waals surface area (Å²) in [5.41, 5.74) is 1.54. The van der Waals surface area contributed by atoms with Crippen LogP contribution in [0.1, 0.15) is 12.0 Å². The molecule has 2 rings (SSSR count). The predicted molar refractivity (Wildman–Crippen MR) is 76.7 cm³/mol. The van der Waals surface area contributed by atoms with Crippen LogP contribution in [-0.4, -0.2) is 30.0 Å². The number of rotatable bonds is 3. The molecule has 1 heterocycles. The molecule has 3 nitrogen and oxygen atoms in total. The Morgan fingerprint density at radius 3 is 3.22 bits per heavy atom. The Bertz CT molecular complexity index is 461. The van der Waals surface area contributed by atoms with E-state index in [9.17, 15) is 4.79 Å². The third-order valence-electron chi connectivity index (χ3n) is 2.74. The predicted octanol–water partition coefficient (Wildman–Crippen LogP) is 1.70. The molecule has 0 aromatic heterocycles. The van der Waals surface area contributed by atoms with Crippen molar-refractivity contribution in [1.82, 2.24) is 5.32 Å². The van der Waals surface area contributed by atoms with Gasteiger partial charge < -0.3 is 10.6 Å². The van der Waals surface area contributed by atoms with Crippen molar-refractivity contribution in [2.45, 2.75) is 12.5 Å². The topological polar surface area (TPSA) is 41.1 Å². The molecule has 1 aromatic carbocycles.